The van der Waals surface area contributed by atoms with Gasteiger partial charge in [-0.3, -0.25) is 9.59 Å². The smallest absolute Gasteiger partial charge is 0.283 e. The van der Waals surface area contributed by atoms with Gasteiger partial charge in [0.2, 0.25) is 4.96 Å². The molecule has 0 radical (unpaired) electrons. The van der Waals surface area contributed by atoms with Crippen LogP contribution in [0.2, 0.25) is 5.02 Å². The van der Waals surface area contributed by atoms with Crippen molar-refractivity contribution >= 4 is 34.0 Å². The van der Waals surface area contributed by atoms with Crippen molar-refractivity contribution in [2.24, 2.45) is 0 Å². The summed E-state index contributed by atoms with van der Waals surface area (Å²) in [6.07, 6.45) is 2.00. The van der Waals surface area contributed by atoms with E-state index in [1.54, 1.807) is 37.5 Å². The quantitative estimate of drug-likeness (QED) is 0.515. The number of nitrogens with zero attached hydrogens (tertiary/aromatic N) is 3. The summed E-state index contributed by atoms with van der Waals surface area (Å²) in [6, 6.07) is 14.4. The third-order valence-corrected chi connectivity index (χ3v) is 5.42. The summed E-state index contributed by atoms with van der Waals surface area (Å²) in [4.78, 5) is 25.8. The van der Waals surface area contributed by atoms with E-state index in [2.05, 4.69) is 10.2 Å². The molecule has 0 bridgehead atoms. The van der Waals surface area contributed by atoms with Crippen LogP contribution in [0.4, 0.5) is 0 Å². The molecule has 6 nitrogen and oxygen atoms in total. The highest BCUT2D eigenvalue weighted by molar-refractivity contribution is 7.15. The van der Waals surface area contributed by atoms with Crippen LogP contribution in [0.5, 0.6) is 5.75 Å². The van der Waals surface area contributed by atoms with E-state index in [-0.39, 0.29) is 17.1 Å². The van der Waals surface area contributed by atoms with Gasteiger partial charge in [0, 0.05) is 11.4 Å². The number of rotatable bonds is 4. The van der Waals surface area contributed by atoms with Crippen LogP contribution in [0.15, 0.2) is 58.1 Å². The molecule has 4 rings (SSSR count). The van der Waals surface area contributed by atoms with Crippen LogP contribution in [-0.4, -0.2) is 21.7 Å². The molecule has 0 aliphatic rings. The molecule has 2 aromatic carbocycles. The molecule has 140 valence electrons. The van der Waals surface area contributed by atoms with E-state index >= 15 is 0 Å². The van der Waals surface area contributed by atoms with Gasteiger partial charge in [0.15, 0.2) is 0 Å². The molecule has 0 saturated carbocycles. The van der Waals surface area contributed by atoms with Crippen LogP contribution < -0.4 is 20.4 Å². The number of hydrogen-bond donors (Lipinski definition) is 0. The zero-order chi connectivity index (χ0) is 19.7. The number of methoxy groups -OCH3 is 1. The Morgan fingerprint density at radius 2 is 1.75 bits per heavy atom. The van der Waals surface area contributed by atoms with Crippen LogP contribution >= 0.6 is 22.9 Å². The molecule has 0 fully saturated rings. The molecule has 0 saturated heterocycles. The molecule has 0 N–H and O–H groups in total. The topological polar surface area (TPSA) is 73.6 Å². The maximum absolute atomic E-state index is 12.8. The van der Waals surface area contributed by atoms with Gasteiger partial charge in [0.05, 0.1) is 11.6 Å². The van der Waals surface area contributed by atoms with E-state index in [9.17, 15) is 9.59 Å². The van der Waals surface area contributed by atoms with Crippen LogP contribution in [0.3, 0.4) is 0 Å². The van der Waals surface area contributed by atoms with Gasteiger partial charge in [-0.1, -0.05) is 47.2 Å². The van der Waals surface area contributed by atoms with E-state index in [4.69, 9.17) is 16.3 Å². The second kappa shape index (κ2) is 7.53. The molecular weight excluding hydrogens is 398 g/mol. The third-order valence-electron chi connectivity index (χ3n) is 4.21. The van der Waals surface area contributed by atoms with Crippen molar-refractivity contribution in [1.29, 1.82) is 0 Å². The summed E-state index contributed by atoms with van der Waals surface area (Å²) < 4.78 is 6.63. The Balaban J connectivity index is 1.77. The average molecular weight is 412 g/mol. The first-order valence-corrected chi connectivity index (χ1v) is 9.56. The average Bonchev–Trinajstić information content (AvgIpc) is 3.02. The summed E-state index contributed by atoms with van der Waals surface area (Å²) in [5, 5.41) is 8.72. The summed E-state index contributed by atoms with van der Waals surface area (Å²) in [6.45, 7) is 0. The van der Waals surface area contributed by atoms with Crippen molar-refractivity contribution in [3.63, 3.8) is 0 Å². The minimum atomic E-state index is -0.449. The Morgan fingerprint density at radius 3 is 2.43 bits per heavy atom. The van der Waals surface area contributed by atoms with E-state index in [0.717, 1.165) is 32.6 Å². The number of aromatic nitrogens is 3. The van der Waals surface area contributed by atoms with Gasteiger partial charge in [-0.15, -0.1) is 10.2 Å². The summed E-state index contributed by atoms with van der Waals surface area (Å²) >= 11 is 7.02. The first-order valence-electron chi connectivity index (χ1n) is 8.36. The van der Waals surface area contributed by atoms with E-state index < -0.39 is 11.1 Å². The van der Waals surface area contributed by atoms with Crippen molar-refractivity contribution < 1.29 is 4.74 Å². The van der Waals surface area contributed by atoms with Crippen molar-refractivity contribution in [3.8, 4) is 5.75 Å². The molecule has 2 heterocycles. The van der Waals surface area contributed by atoms with Crippen molar-refractivity contribution in [3.05, 3.63) is 95.6 Å². The van der Waals surface area contributed by atoms with Crippen molar-refractivity contribution in [2.45, 2.75) is 6.42 Å². The van der Waals surface area contributed by atoms with E-state index in [1.807, 2.05) is 24.3 Å². The minimum absolute atomic E-state index is 0.214. The highest BCUT2D eigenvalue weighted by Gasteiger charge is 2.13. The fraction of sp³-hybridized carbons (Fsp3) is 0.100. The van der Waals surface area contributed by atoms with Crippen molar-refractivity contribution in [1.82, 2.24) is 14.6 Å². The lowest BCUT2D eigenvalue weighted by Crippen LogP contribution is -2.33. The lowest BCUT2D eigenvalue weighted by Gasteiger charge is -2.00. The molecule has 4 aromatic rings. The first-order chi connectivity index (χ1) is 13.5. The Hall–Kier alpha value is -3.03. The molecule has 0 atom stereocenters. The lowest BCUT2D eigenvalue weighted by atomic mass is 10.1. The van der Waals surface area contributed by atoms with Gasteiger partial charge >= 0.3 is 0 Å². The number of fused-ring (bicyclic) bond motifs is 1. The molecule has 8 heteroatoms. The standard InChI is InChI=1S/C20H14ClN3O3S/c1-27-15-8-4-13(5-9-15)11-17-19(26)24-18(25)16(22-23-20(24)28-17)10-12-2-6-14(21)7-3-12/h2-9,11H,10H2,1H3/b17-11-. The summed E-state index contributed by atoms with van der Waals surface area (Å²) in [7, 11) is 1.59. The second-order valence-electron chi connectivity index (χ2n) is 6.06. The van der Waals surface area contributed by atoms with Crippen LogP contribution in [-0.2, 0) is 6.42 Å². The van der Waals surface area contributed by atoms with E-state index in [1.165, 1.54) is 0 Å². The Bertz CT molecular complexity index is 1310. The zero-order valence-corrected chi connectivity index (χ0v) is 16.3. The van der Waals surface area contributed by atoms with Gasteiger partial charge in [-0.05, 0) is 41.5 Å². The van der Waals surface area contributed by atoms with Gasteiger partial charge in [0.1, 0.15) is 11.4 Å². The number of hydrogen-bond acceptors (Lipinski definition) is 6. The highest BCUT2D eigenvalue weighted by Crippen LogP contribution is 2.13. The molecule has 28 heavy (non-hydrogen) atoms. The summed E-state index contributed by atoms with van der Waals surface area (Å²) in [5.41, 5.74) is 1.06. The first kappa shape index (κ1) is 18.3. The molecule has 0 unspecified atom stereocenters. The molecule has 2 aromatic heterocycles. The Labute approximate surface area is 168 Å². The SMILES string of the molecule is COc1ccc(/C=c2\sc3nnc(Cc4ccc(Cl)cc4)c(=O)n3c2=O)cc1. The monoisotopic (exact) mass is 411 g/mol. The Morgan fingerprint density at radius 1 is 1.04 bits per heavy atom. The van der Waals surface area contributed by atoms with Gasteiger partial charge in [-0.2, -0.15) is 0 Å². The maximum atomic E-state index is 12.8. The molecule has 0 aliphatic heterocycles. The molecule has 0 spiro atoms. The van der Waals surface area contributed by atoms with Gasteiger partial charge in [0.25, 0.3) is 11.1 Å². The predicted octanol–water partition coefficient (Wildman–Crippen LogP) is 2.31. The molecule has 0 amide bonds. The maximum Gasteiger partial charge on any atom is 0.283 e. The number of ether oxygens (including phenoxy) is 1. The summed E-state index contributed by atoms with van der Waals surface area (Å²) in [5.74, 6) is 0.727. The van der Waals surface area contributed by atoms with Gasteiger partial charge in [-0.25, -0.2) is 4.40 Å². The van der Waals surface area contributed by atoms with E-state index in [0.29, 0.717) is 9.55 Å². The predicted molar refractivity (Wildman–Crippen MR) is 109 cm³/mol. The minimum Gasteiger partial charge on any atom is -0.497 e. The van der Waals surface area contributed by atoms with Crippen LogP contribution in [0.1, 0.15) is 16.8 Å². The Kier molecular flexibility index (Phi) is 4.93. The normalized spacial score (nSPS) is 11.9. The fourth-order valence-corrected chi connectivity index (χ4v) is 3.79. The number of thiazole rings is 1. The zero-order valence-electron chi connectivity index (χ0n) is 14.8. The third kappa shape index (κ3) is 3.54. The van der Waals surface area contributed by atoms with Crippen molar-refractivity contribution in [2.75, 3.05) is 7.11 Å². The van der Waals surface area contributed by atoms with Gasteiger partial charge < -0.3 is 4.74 Å². The highest BCUT2D eigenvalue weighted by atomic mass is 35.5. The van der Waals surface area contributed by atoms with Crippen LogP contribution in [0.25, 0.3) is 11.0 Å². The largest absolute Gasteiger partial charge is 0.497 e. The molecular formula is C20H14ClN3O3S. The fourth-order valence-electron chi connectivity index (χ4n) is 2.75. The lowest BCUT2D eigenvalue weighted by molar-refractivity contribution is 0.415. The van der Waals surface area contributed by atoms with Crippen LogP contribution in [0, 0.1) is 0 Å². The number of benzene rings is 2. The second-order valence-corrected chi connectivity index (χ2v) is 7.51. The number of halogens is 1. The molecule has 0 aliphatic carbocycles.